The molecule has 1 aromatic carbocycles. The van der Waals surface area contributed by atoms with Crippen molar-refractivity contribution in [3.8, 4) is 0 Å². The van der Waals surface area contributed by atoms with E-state index in [2.05, 4.69) is 22.4 Å². The number of hydrazone groups is 1. The van der Waals surface area contributed by atoms with Crippen molar-refractivity contribution in [1.82, 2.24) is 15.0 Å². The zero-order valence-corrected chi connectivity index (χ0v) is 17.9. The van der Waals surface area contributed by atoms with Crippen molar-refractivity contribution in [2.75, 3.05) is 0 Å². The minimum atomic E-state index is -0.706. The first-order valence-electron chi connectivity index (χ1n) is 10.1. The Hall–Kier alpha value is -3.06. The van der Waals surface area contributed by atoms with Gasteiger partial charge in [-0.2, -0.15) is 5.10 Å². The number of rotatable bonds is 5. The van der Waals surface area contributed by atoms with Gasteiger partial charge in [0.15, 0.2) is 0 Å². The van der Waals surface area contributed by atoms with Crippen molar-refractivity contribution in [2.45, 2.75) is 39.2 Å². The van der Waals surface area contributed by atoms with Gasteiger partial charge in [0.2, 0.25) is 0 Å². The minimum absolute atomic E-state index is 0.150. The Morgan fingerprint density at radius 2 is 2.17 bits per heavy atom. The lowest BCUT2D eigenvalue weighted by molar-refractivity contribution is -0.123. The average molecular weight is 421 g/mol. The van der Waals surface area contributed by atoms with E-state index in [9.17, 15) is 9.59 Å². The highest BCUT2D eigenvalue weighted by molar-refractivity contribution is 7.18. The third kappa shape index (κ3) is 4.11. The Balaban J connectivity index is 1.48. The van der Waals surface area contributed by atoms with E-state index in [-0.39, 0.29) is 11.5 Å². The summed E-state index contributed by atoms with van der Waals surface area (Å²) in [6.45, 7) is 3.92. The molecule has 1 aliphatic rings. The van der Waals surface area contributed by atoms with Crippen LogP contribution in [0.5, 0.6) is 0 Å². The molecule has 2 atom stereocenters. The summed E-state index contributed by atoms with van der Waals surface area (Å²) in [6.07, 6.45) is 9.60. The fourth-order valence-electron chi connectivity index (χ4n) is 3.70. The fraction of sp³-hybridized carbons (Fsp3) is 0.304. The number of aryl methyl sites for hydroxylation is 1. The molecule has 0 spiro atoms. The average Bonchev–Trinajstić information content (AvgIpc) is 3.12. The van der Waals surface area contributed by atoms with Crippen LogP contribution < -0.4 is 11.0 Å². The molecule has 0 fully saturated rings. The number of aromatic nitrogens is 2. The number of carbonyl (C=O) groups excluding carboxylic acids is 1. The van der Waals surface area contributed by atoms with Crippen LogP contribution in [0.4, 0.5) is 0 Å². The molecule has 2 unspecified atom stereocenters. The molecule has 0 bridgehead atoms. The molecule has 1 aliphatic carbocycles. The lowest BCUT2D eigenvalue weighted by atomic mass is 9.89. The van der Waals surface area contributed by atoms with Gasteiger partial charge in [-0.3, -0.25) is 14.2 Å². The smallest absolute Gasteiger partial charge is 0.263 e. The Labute approximate surface area is 179 Å². The Bertz CT molecular complexity index is 1180. The Morgan fingerprint density at radius 3 is 2.97 bits per heavy atom. The van der Waals surface area contributed by atoms with E-state index in [4.69, 9.17) is 0 Å². The van der Waals surface area contributed by atoms with Crippen molar-refractivity contribution >= 4 is 39.8 Å². The largest absolute Gasteiger partial charge is 0.286 e. The SMILES string of the molecule is CC1CCc2c(sc3ncn(C(C)C(=O)NN=CC=Cc4ccccc4)c(=O)c23)C1. The summed E-state index contributed by atoms with van der Waals surface area (Å²) >= 11 is 1.61. The van der Waals surface area contributed by atoms with Crippen molar-refractivity contribution in [3.63, 3.8) is 0 Å². The second-order valence-corrected chi connectivity index (χ2v) is 8.77. The van der Waals surface area contributed by atoms with Gasteiger partial charge in [-0.05, 0) is 49.3 Å². The molecule has 0 saturated carbocycles. The summed E-state index contributed by atoms with van der Waals surface area (Å²) in [4.78, 5) is 32.1. The van der Waals surface area contributed by atoms with Gasteiger partial charge in [-0.15, -0.1) is 11.3 Å². The minimum Gasteiger partial charge on any atom is -0.286 e. The van der Waals surface area contributed by atoms with Gasteiger partial charge in [-0.25, -0.2) is 10.4 Å². The highest BCUT2D eigenvalue weighted by Gasteiger charge is 2.25. The zero-order valence-electron chi connectivity index (χ0n) is 17.0. The van der Waals surface area contributed by atoms with E-state index in [1.807, 2.05) is 36.4 Å². The van der Waals surface area contributed by atoms with Crippen molar-refractivity contribution in [3.05, 3.63) is 69.1 Å². The van der Waals surface area contributed by atoms with Crippen molar-refractivity contribution in [2.24, 2.45) is 11.0 Å². The van der Waals surface area contributed by atoms with E-state index in [1.54, 1.807) is 24.3 Å². The number of hydrogen-bond acceptors (Lipinski definition) is 5. The normalized spacial score (nSPS) is 17.5. The first kappa shape index (κ1) is 20.2. The highest BCUT2D eigenvalue weighted by Crippen LogP contribution is 2.35. The summed E-state index contributed by atoms with van der Waals surface area (Å²) in [5.74, 6) is 0.270. The second kappa shape index (κ2) is 8.75. The van der Waals surface area contributed by atoms with Gasteiger partial charge in [0.05, 0.1) is 11.7 Å². The maximum absolute atomic E-state index is 13.1. The zero-order chi connectivity index (χ0) is 21.1. The maximum Gasteiger partial charge on any atom is 0.263 e. The number of amides is 1. The number of allylic oxidation sites excluding steroid dienone is 1. The molecule has 2 heterocycles. The number of thiophene rings is 1. The topological polar surface area (TPSA) is 76.3 Å². The number of hydrogen-bond donors (Lipinski definition) is 1. The molecule has 3 aromatic rings. The van der Waals surface area contributed by atoms with Gasteiger partial charge >= 0.3 is 0 Å². The predicted molar refractivity (Wildman–Crippen MR) is 122 cm³/mol. The molecule has 7 heteroatoms. The standard InChI is InChI=1S/C23H24N4O2S/c1-15-10-11-18-19(13-15)30-22-20(18)23(29)27(14-24-22)16(2)21(28)26-25-12-6-9-17-7-4-3-5-8-17/h3-9,12,14-16H,10-11,13H2,1-2H3,(H,26,28). The number of nitrogens with zero attached hydrogens (tertiary/aromatic N) is 3. The summed E-state index contributed by atoms with van der Waals surface area (Å²) in [5, 5.41) is 4.63. The quantitative estimate of drug-likeness (QED) is 0.501. The number of fused-ring (bicyclic) bond motifs is 3. The number of benzene rings is 1. The first-order valence-corrected chi connectivity index (χ1v) is 10.9. The lowest BCUT2D eigenvalue weighted by Crippen LogP contribution is -2.34. The van der Waals surface area contributed by atoms with Gasteiger partial charge in [0.25, 0.3) is 11.5 Å². The molecular formula is C23H24N4O2S. The highest BCUT2D eigenvalue weighted by atomic mass is 32.1. The Morgan fingerprint density at radius 1 is 1.37 bits per heavy atom. The number of nitrogens with one attached hydrogen (secondary N) is 1. The van der Waals surface area contributed by atoms with Crippen LogP contribution in [0.3, 0.4) is 0 Å². The Kier molecular flexibility index (Phi) is 5.90. The maximum atomic E-state index is 13.1. The molecule has 0 radical (unpaired) electrons. The van der Waals surface area contributed by atoms with Crippen LogP contribution in [0.25, 0.3) is 16.3 Å². The van der Waals surface area contributed by atoms with Crippen LogP contribution in [0.15, 0.2) is 52.6 Å². The molecule has 1 amide bonds. The van der Waals surface area contributed by atoms with E-state index in [1.165, 1.54) is 22.0 Å². The summed E-state index contributed by atoms with van der Waals surface area (Å²) in [7, 11) is 0. The summed E-state index contributed by atoms with van der Waals surface area (Å²) < 4.78 is 1.40. The number of carbonyl (C=O) groups is 1. The van der Waals surface area contributed by atoms with E-state index in [0.717, 1.165) is 35.2 Å². The lowest BCUT2D eigenvalue weighted by Gasteiger charge is -2.18. The molecule has 1 N–H and O–H groups in total. The van der Waals surface area contributed by atoms with E-state index >= 15 is 0 Å². The van der Waals surface area contributed by atoms with Crippen molar-refractivity contribution in [1.29, 1.82) is 0 Å². The predicted octanol–water partition coefficient (Wildman–Crippen LogP) is 3.96. The van der Waals surface area contributed by atoms with Gasteiger partial charge in [-0.1, -0.05) is 43.3 Å². The van der Waals surface area contributed by atoms with Crippen LogP contribution in [-0.4, -0.2) is 21.7 Å². The van der Waals surface area contributed by atoms with Crippen LogP contribution in [-0.2, 0) is 17.6 Å². The first-order chi connectivity index (χ1) is 14.5. The van der Waals surface area contributed by atoms with E-state index < -0.39 is 6.04 Å². The van der Waals surface area contributed by atoms with Gasteiger partial charge < -0.3 is 0 Å². The molecular weight excluding hydrogens is 396 g/mol. The van der Waals surface area contributed by atoms with Gasteiger partial charge in [0, 0.05) is 11.1 Å². The molecule has 0 aliphatic heterocycles. The molecule has 6 nitrogen and oxygen atoms in total. The third-order valence-electron chi connectivity index (χ3n) is 5.46. The van der Waals surface area contributed by atoms with Crippen LogP contribution in [0.1, 0.15) is 42.3 Å². The molecule has 4 rings (SSSR count). The second-order valence-electron chi connectivity index (χ2n) is 7.69. The van der Waals surface area contributed by atoms with Crippen molar-refractivity contribution < 1.29 is 4.79 Å². The van der Waals surface area contributed by atoms with Crippen LogP contribution in [0, 0.1) is 5.92 Å². The fourth-order valence-corrected chi connectivity index (χ4v) is 5.04. The van der Waals surface area contributed by atoms with Crippen LogP contribution >= 0.6 is 11.3 Å². The molecule has 0 saturated heterocycles. The van der Waals surface area contributed by atoms with Gasteiger partial charge in [0.1, 0.15) is 10.9 Å². The third-order valence-corrected chi connectivity index (χ3v) is 6.62. The molecule has 2 aromatic heterocycles. The summed E-state index contributed by atoms with van der Waals surface area (Å²) in [6, 6.07) is 9.10. The van der Waals surface area contributed by atoms with E-state index in [0.29, 0.717) is 11.3 Å². The molecule has 30 heavy (non-hydrogen) atoms. The monoisotopic (exact) mass is 420 g/mol. The molecule has 154 valence electrons. The van der Waals surface area contributed by atoms with Crippen LogP contribution in [0.2, 0.25) is 0 Å². The summed E-state index contributed by atoms with van der Waals surface area (Å²) in [5.41, 5.74) is 4.51.